The molecule has 2 heterocycles. The van der Waals surface area contributed by atoms with E-state index in [4.69, 9.17) is 11.6 Å². The summed E-state index contributed by atoms with van der Waals surface area (Å²) in [5, 5.41) is 10.8. The van der Waals surface area contributed by atoms with Crippen molar-refractivity contribution in [1.82, 2.24) is 9.99 Å². The van der Waals surface area contributed by atoms with Gasteiger partial charge < -0.3 is 0 Å². The lowest BCUT2D eigenvalue weighted by Gasteiger charge is -2.18. The van der Waals surface area contributed by atoms with E-state index in [0.717, 1.165) is 5.56 Å². The van der Waals surface area contributed by atoms with E-state index in [1.165, 1.54) is 23.4 Å². The Labute approximate surface area is 141 Å². The zero-order valence-electron chi connectivity index (χ0n) is 12.2. The summed E-state index contributed by atoms with van der Waals surface area (Å²) in [7, 11) is 1.54. The minimum absolute atomic E-state index is 0.100. The number of halogens is 1. The fourth-order valence-electron chi connectivity index (χ4n) is 2.13. The van der Waals surface area contributed by atoms with Gasteiger partial charge in [-0.2, -0.15) is 5.10 Å². The first-order chi connectivity index (χ1) is 11.0. The maximum Gasteiger partial charge on any atom is 0.273 e. The number of amides is 2. The standard InChI is InChI=1S/C15H13ClN4O2S/c1-20-13(21)7-6-11(19-20)14(22)18-15-17-12(8-23-15)9-4-2-3-5-10(9)16/h2-5,8H,6-7H2,1H3,(H,17,18,22). The van der Waals surface area contributed by atoms with Crippen molar-refractivity contribution in [3.8, 4) is 11.3 Å². The van der Waals surface area contributed by atoms with Gasteiger partial charge in [-0.1, -0.05) is 29.8 Å². The number of thiazole rings is 1. The predicted molar refractivity (Wildman–Crippen MR) is 90.6 cm³/mol. The van der Waals surface area contributed by atoms with Gasteiger partial charge in [0.25, 0.3) is 5.91 Å². The van der Waals surface area contributed by atoms with E-state index in [2.05, 4.69) is 15.4 Å². The van der Waals surface area contributed by atoms with E-state index in [1.807, 2.05) is 23.6 Å². The van der Waals surface area contributed by atoms with E-state index in [-0.39, 0.29) is 18.2 Å². The van der Waals surface area contributed by atoms with Crippen molar-refractivity contribution in [2.24, 2.45) is 5.10 Å². The van der Waals surface area contributed by atoms with Gasteiger partial charge in [0.05, 0.1) is 5.69 Å². The number of benzene rings is 1. The largest absolute Gasteiger partial charge is 0.297 e. The van der Waals surface area contributed by atoms with Gasteiger partial charge in [-0.3, -0.25) is 14.9 Å². The normalized spacial score (nSPS) is 14.6. The third kappa shape index (κ3) is 3.40. The van der Waals surface area contributed by atoms with Gasteiger partial charge in [0.1, 0.15) is 5.71 Å². The van der Waals surface area contributed by atoms with Crippen LogP contribution < -0.4 is 5.32 Å². The highest BCUT2D eigenvalue weighted by Crippen LogP contribution is 2.30. The molecule has 118 valence electrons. The molecule has 0 atom stereocenters. The van der Waals surface area contributed by atoms with Crippen molar-refractivity contribution in [1.29, 1.82) is 0 Å². The number of aromatic nitrogens is 1. The maximum absolute atomic E-state index is 12.2. The van der Waals surface area contributed by atoms with Crippen molar-refractivity contribution >= 4 is 45.6 Å². The highest BCUT2D eigenvalue weighted by Gasteiger charge is 2.22. The van der Waals surface area contributed by atoms with Crippen molar-refractivity contribution in [3.05, 3.63) is 34.7 Å². The molecular weight excluding hydrogens is 336 g/mol. The summed E-state index contributed by atoms with van der Waals surface area (Å²) in [6, 6.07) is 7.38. The molecule has 0 aliphatic carbocycles. The summed E-state index contributed by atoms with van der Waals surface area (Å²) in [5.41, 5.74) is 1.83. The van der Waals surface area contributed by atoms with Gasteiger partial charge in [-0.05, 0) is 6.07 Å². The number of anilines is 1. The van der Waals surface area contributed by atoms with Gasteiger partial charge in [-0.25, -0.2) is 9.99 Å². The number of carbonyl (C=O) groups excluding carboxylic acids is 2. The first kappa shape index (κ1) is 15.6. The molecule has 0 unspecified atom stereocenters. The van der Waals surface area contributed by atoms with Crippen LogP contribution in [0.4, 0.5) is 5.13 Å². The van der Waals surface area contributed by atoms with Crippen LogP contribution in [0.2, 0.25) is 5.02 Å². The molecule has 6 nitrogen and oxygen atoms in total. The lowest BCUT2D eigenvalue weighted by Crippen LogP contribution is -2.34. The first-order valence-electron chi connectivity index (χ1n) is 6.90. The predicted octanol–water partition coefficient (Wildman–Crippen LogP) is 3.01. The van der Waals surface area contributed by atoms with E-state index in [1.54, 1.807) is 6.07 Å². The number of hydrazone groups is 1. The number of nitrogens with zero attached hydrogens (tertiary/aromatic N) is 3. The number of hydrogen-bond donors (Lipinski definition) is 1. The average Bonchev–Trinajstić information content (AvgIpc) is 2.98. The summed E-state index contributed by atoms with van der Waals surface area (Å²) in [6.07, 6.45) is 0.614. The van der Waals surface area contributed by atoms with Crippen LogP contribution in [0.25, 0.3) is 11.3 Å². The van der Waals surface area contributed by atoms with Crippen molar-refractivity contribution < 1.29 is 9.59 Å². The molecule has 0 saturated heterocycles. The van der Waals surface area contributed by atoms with E-state index in [0.29, 0.717) is 28.0 Å². The molecule has 3 rings (SSSR count). The lowest BCUT2D eigenvalue weighted by atomic mass is 10.1. The molecule has 0 saturated carbocycles. The monoisotopic (exact) mass is 348 g/mol. The second-order valence-corrected chi connectivity index (χ2v) is 6.20. The van der Waals surface area contributed by atoms with Gasteiger partial charge in [-0.15, -0.1) is 11.3 Å². The minimum Gasteiger partial charge on any atom is -0.297 e. The maximum atomic E-state index is 12.2. The van der Waals surface area contributed by atoms with Crippen LogP contribution in [-0.2, 0) is 9.59 Å². The average molecular weight is 349 g/mol. The summed E-state index contributed by atoms with van der Waals surface area (Å²) >= 11 is 7.46. The quantitative estimate of drug-likeness (QED) is 0.926. The van der Waals surface area contributed by atoms with Gasteiger partial charge in [0, 0.05) is 35.9 Å². The van der Waals surface area contributed by atoms with Crippen molar-refractivity contribution in [3.63, 3.8) is 0 Å². The second kappa shape index (κ2) is 6.47. The van der Waals surface area contributed by atoms with Gasteiger partial charge in [0.2, 0.25) is 5.91 Å². The Balaban J connectivity index is 1.75. The Morgan fingerprint density at radius 2 is 2.13 bits per heavy atom. The Morgan fingerprint density at radius 1 is 1.35 bits per heavy atom. The SMILES string of the molecule is CN1N=C(C(=O)Nc2nc(-c3ccccc3Cl)cs2)CCC1=O. The molecule has 0 radical (unpaired) electrons. The Kier molecular flexibility index (Phi) is 4.40. The molecule has 2 aromatic rings. The summed E-state index contributed by atoms with van der Waals surface area (Å²) in [5.74, 6) is -0.443. The molecule has 1 aliphatic heterocycles. The number of carbonyl (C=O) groups is 2. The molecule has 1 aromatic carbocycles. The van der Waals surface area contributed by atoms with Crippen molar-refractivity contribution in [2.75, 3.05) is 12.4 Å². The number of rotatable bonds is 3. The molecule has 0 fully saturated rings. The summed E-state index contributed by atoms with van der Waals surface area (Å²) in [6.45, 7) is 0. The first-order valence-corrected chi connectivity index (χ1v) is 8.16. The van der Waals surface area contributed by atoms with E-state index < -0.39 is 0 Å². The minimum atomic E-state index is -0.343. The zero-order chi connectivity index (χ0) is 16.4. The highest BCUT2D eigenvalue weighted by molar-refractivity contribution is 7.14. The van der Waals surface area contributed by atoms with Crippen LogP contribution in [0, 0.1) is 0 Å². The van der Waals surface area contributed by atoms with Crippen molar-refractivity contribution in [2.45, 2.75) is 12.8 Å². The molecule has 0 bridgehead atoms. The van der Waals surface area contributed by atoms with Crippen LogP contribution >= 0.6 is 22.9 Å². The molecule has 2 amide bonds. The van der Waals surface area contributed by atoms with E-state index in [9.17, 15) is 9.59 Å². The molecular formula is C15H13ClN4O2S. The topological polar surface area (TPSA) is 74.7 Å². The zero-order valence-corrected chi connectivity index (χ0v) is 13.8. The van der Waals surface area contributed by atoms with Crippen LogP contribution in [0.15, 0.2) is 34.7 Å². The fraction of sp³-hybridized carbons (Fsp3) is 0.200. The number of hydrogen-bond acceptors (Lipinski definition) is 5. The second-order valence-electron chi connectivity index (χ2n) is 4.94. The van der Waals surface area contributed by atoms with Gasteiger partial charge in [0.15, 0.2) is 5.13 Å². The molecule has 8 heteroatoms. The summed E-state index contributed by atoms with van der Waals surface area (Å²) in [4.78, 5) is 27.9. The van der Waals surface area contributed by atoms with Crippen LogP contribution in [0.5, 0.6) is 0 Å². The Bertz CT molecular complexity index is 802. The highest BCUT2D eigenvalue weighted by atomic mass is 35.5. The summed E-state index contributed by atoms with van der Waals surface area (Å²) < 4.78 is 0. The lowest BCUT2D eigenvalue weighted by molar-refractivity contribution is -0.130. The molecule has 1 aliphatic rings. The van der Waals surface area contributed by atoms with Crippen LogP contribution in [0.3, 0.4) is 0 Å². The van der Waals surface area contributed by atoms with Gasteiger partial charge >= 0.3 is 0 Å². The number of nitrogens with one attached hydrogen (secondary N) is 1. The third-order valence-corrected chi connectivity index (χ3v) is 4.43. The molecule has 1 N–H and O–H groups in total. The van der Waals surface area contributed by atoms with Crippen LogP contribution in [-0.4, -0.2) is 34.6 Å². The Hall–Kier alpha value is -2.25. The smallest absolute Gasteiger partial charge is 0.273 e. The fourth-order valence-corrected chi connectivity index (χ4v) is 3.06. The van der Waals surface area contributed by atoms with Crippen LogP contribution in [0.1, 0.15) is 12.8 Å². The molecule has 0 spiro atoms. The molecule has 1 aromatic heterocycles. The third-order valence-electron chi connectivity index (χ3n) is 3.34. The Morgan fingerprint density at radius 3 is 2.87 bits per heavy atom. The molecule has 23 heavy (non-hydrogen) atoms. The van der Waals surface area contributed by atoms with E-state index >= 15 is 0 Å².